The van der Waals surface area contributed by atoms with Crippen molar-refractivity contribution in [3.63, 3.8) is 0 Å². The molecule has 2 heterocycles. The lowest BCUT2D eigenvalue weighted by atomic mass is 10.1. The van der Waals surface area contributed by atoms with Crippen LogP contribution in [0.5, 0.6) is 5.75 Å². The maximum absolute atomic E-state index is 13.7. The van der Waals surface area contributed by atoms with Crippen molar-refractivity contribution in [1.29, 1.82) is 0 Å². The summed E-state index contributed by atoms with van der Waals surface area (Å²) in [6.07, 6.45) is 0.583. The first-order valence-electron chi connectivity index (χ1n) is 9.01. The Bertz CT molecular complexity index is 1130. The number of hydrogen-bond donors (Lipinski definition) is 2. The second kappa shape index (κ2) is 8.02. The zero-order valence-electron chi connectivity index (χ0n) is 15.5. The lowest BCUT2D eigenvalue weighted by Crippen LogP contribution is -1.98. The number of benzene rings is 2. The molecule has 0 aliphatic heterocycles. The van der Waals surface area contributed by atoms with Crippen molar-refractivity contribution in [2.45, 2.75) is 13.0 Å². The van der Waals surface area contributed by atoms with Crippen LogP contribution in [-0.2, 0) is 13.0 Å². The summed E-state index contributed by atoms with van der Waals surface area (Å²) in [4.78, 5) is 4.03. The normalized spacial score (nSPS) is 10.8. The fourth-order valence-corrected chi connectivity index (χ4v) is 2.91. The SMILES string of the molecule is Nc1ccc(-c2cc(Cc3ccc(OCc4ccccc4F)cc3)no2)c(N)n1. The molecule has 0 amide bonds. The molecule has 2 aromatic heterocycles. The average molecular weight is 390 g/mol. The summed E-state index contributed by atoms with van der Waals surface area (Å²) in [6, 6.07) is 19.4. The fraction of sp³-hybridized carbons (Fsp3) is 0.0909. The van der Waals surface area contributed by atoms with Gasteiger partial charge >= 0.3 is 0 Å². The van der Waals surface area contributed by atoms with Crippen LogP contribution in [0.4, 0.5) is 16.0 Å². The Kier molecular flexibility index (Phi) is 5.11. The quantitative estimate of drug-likeness (QED) is 0.511. The molecule has 0 spiro atoms. The van der Waals surface area contributed by atoms with Crippen LogP contribution in [0, 0.1) is 5.82 Å². The third kappa shape index (κ3) is 4.35. The molecule has 4 aromatic rings. The van der Waals surface area contributed by atoms with Crippen LogP contribution >= 0.6 is 0 Å². The van der Waals surface area contributed by atoms with Gasteiger partial charge < -0.3 is 20.7 Å². The van der Waals surface area contributed by atoms with Crippen LogP contribution in [0.1, 0.15) is 16.8 Å². The van der Waals surface area contributed by atoms with Crippen molar-refractivity contribution in [2.75, 3.05) is 11.5 Å². The van der Waals surface area contributed by atoms with Crippen molar-refractivity contribution in [1.82, 2.24) is 10.1 Å². The standard InChI is InChI=1S/C22H19FN4O2/c23-19-4-2-1-3-15(19)13-28-17-7-5-14(6-8-17)11-16-12-20(29-27-16)18-9-10-21(24)26-22(18)25/h1-10,12H,11,13H2,(H4,24,25,26). The van der Waals surface area contributed by atoms with E-state index in [0.717, 1.165) is 11.3 Å². The minimum absolute atomic E-state index is 0.176. The predicted octanol–water partition coefficient (Wildman–Crippen LogP) is 4.21. The lowest BCUT2D eigenvalue weighted by molar-refractivity contribution is 0.300. The summed E-state index contributed by atoms with van der Waals surface area (Å²) in [5, 5.41) is 4.10. The Hall–Kier alpha value is -3.87. The summed E-state index contributed by atoms with van der Waals surface area (Å²) in [7, 11) is 0. The molecule has 4 N–H and O–H groups in total. The van der Waals surface area contributed by atoms with Gasteiger partial charge in [-0.2, -0.15) is 0 Å². The van der Waals surface area contributed by atoms with E-state index < -0.39 is 0 Å². The summed E-state index contributed by atoms with van der Waals surface area (Å²) >= 11 is 0. The van der Waals surface area contributed by atoms with Gasteiger partial charge in [-0.15, -0.1) is 0 Å². The van der Waals surface area contributed by atoms with E-state index in [9.17, 15) is 4.39 Å². The Labute approximate surface area is 166 Å². The van der Waals surface area contributed by atoms with Crippen molar-refractivity contribution >= 4 is 11.6 Å². The van der Waals surface area contributed by atoms with Gasteiger partial charge in [-0.25, -0.2) is 9.37 Å². The van der Waals surface area contributed by atoms with E-state index in [0.29, 0.717) is 40.7 Å². The van der Waals surface area contributed by atoms with E-state index in [1.807, 2.05) is 30.3 Å². The molecule has 0 unspecified atom stereocenters. The van der Waals surface area contributed by atoms with Gasteiger partial charge in [-0.3, -0.25) is 0 Å². The molecule has 2 aromatic carbocycles. The van der Waals surface area contributed by atoms with Gasteiger partial charge in [0, 0.05) is 18.1 Å². The van der Waals surface area contributed by atoms with Crippen LogP contribution in [0.2, 0.25) is 0 Å². The highest BCUT2D eigenvalue weighted by Crippen LogP contribution is 2.27. The van der Waals surface area contributed by atoms with Gasteiger partial charge in [-0.1, -0.05) is 35.5 Å². The Balaban J connectivity index is 1.40. The van der Waals surface area contributed by atoms with Gasteiger partial charge in [-0.05, 0) is 35.9 Å². The number of nitrogens with zero attached hydrogens (tertiary/aromatic N) is 2. The monoisotopic (exact) mass is 390 g/mol. The van der Waals surface area contributed by atoms with E-state index >= 15 is 0 Å². The number of ether oxygens (including phenoxy) is 1. The Morgan fingerprint density at radius 1 is 0.966 bits per heavy atom. The minimum atomic E-state index is -0.275. The summed E-state index contributed by atoms with van der Waals surface area (Å²) in [5.74, 6) is 1.57. The molecule has 0 saturated heterocycles. The summed E-state index contributed by atoms with van der Waals surface area (Å²) in [5.41, 5.74) is 14.5. The molecule has 0 bridgehead atoms. The second-order valence-corrected chi connectivity index (χ2v) is 6.55. The number of halogens is 1. The van der Waals surface area contributed by atoms with E-state index in [1.54, 1.807) is 30.3 Å². The zero-order chi connectivity index (χ0) is 20.2. The van der Waals surface area contributed by atoms with Gasteiger partial charge in [0.15, 0.2) is 5.76 Å². The first-order chi connectivity index (χ1) is 14.1. The minimum Gasteiger partial charge on any atom is -0.489 e. The number of aromatic nitrogens is 2. The molecule has 7 heteroatoms. The van der Waals surface area contributed by atoms with Crippen LogP contribution in [0.15, 0.2) is 71.3 Å². The van der Waals surface area contributed by atoms with E-state index in [1.165, 1.54) is 6.07 Å². The topological polar surface area (TPSA) is 100 Å². The zero-order valence-corrected chi connectivity index (χ0v) is 15.5. The third-order valence-electron chi connectivity index (χ3n) is 4.43. The highest BCUT2D eigenvalue weighted by Gasteiger charge is 2.12. The van der Waals surface area contributed by atoms with Crippen LogP contribution in [0.25, 0.3) is 11.3 Å². The lowest BCUT2D eigenvalue weighted by Gasteiger charge is -2.07. The third-order valence-corrected chi connectivity index (χ3v) is 4.43. The van der Waals surface area contributed by atoms with Crippen molar-refractivity contribution in [2.24, 2.45) is 0 Å². The van der Waals surface area contributed by atoms with Crippen LogP contribution in [0.3, 0.4) is 0 Å². The Morgan fingerprint density at radius 3 is 2.52 bits per heavy atom. The largest absolute Gasteiger partial charge is 0.489 e. The Morgan fingerprint density at radius 2 is 1.76 bits per heavy atom. The van der Waals surface area contributed by atoms with E-state index in [-0.39, 0.29) is 12.4 Å². The van der Waals surface area contributed by atoms with Crippen molar-refractivity contribution < 1.29 is 13.7 Å². The van der Waals surface area contributed by atoms with Crippen LogP contribution in [-0.4, -0.2) is 10.1 Å². The molecule has 4 rings (SSSR count). The van der Waals surface area contributed by atoms with E-state index in [4.69, 9.17) is 20.7 Å². The van der Waals surface area contributed by atoms with Gasteiger partial charge in [0.2, 0.25) is 0 Å². The maximum Gasteiger partial charge on any atom is 0.170 e. The first kappa shape index (κ1) is 18.5. The molecule has 0 fully saturated rings. The average Bonchev–Trinajstić information content (AvgIpc) is 3.16. The molecule has 0 radical (unpaired) electrons. The molecule has 29 heavy (non-hydrogen) atoms. The van der Waals surface area contributed by atoms with E-state index in [2.05, 4.69) is 10.1 Å². The summed E-state index contributed by atoms with van der Waals surface area (Å²) in [6.45, 7) is 0.176. The highest BCUT2D eigenvalue weighted by molar-refractivity contribution is 5.71. The van der Waals surface area contributed by atoms with Crippen molar-refractivity contribution in [3.05, 3.63) is 89.4 Å². The maximum atomic E-state index is 13.7. The van der Waals surface area contributed by atoms with Crippen LogP contribution < -0.4 is 16.2 Å². The van der Waals surface area contributed by atoms with Gasteiger partial charge in [0.25, 0.3) is 0 Å². The highest BCUT2D eigenvalue weighted by atomic mass is 19.1. The number of pyridine rings is 1. The number of anilines is 2. The first-order valence-corrected chi connectivity index (χ1v) is 9.01. The molecule has 0 saturated carbocycles. The van der Waals surface area contributed by atoms with Gasteiger partial charge in [0.05, 0.1) is 11.3 Å². The smallest absolute Gasteiger partial charge is 0.170 e. The second-order valence-electron chi connectivity index (χ2n) is 6.55. The molecule has 6 nitrogen and oxygen atoms in total. The fourth-order valence-electron chi connectivity index (χ4n) is 2.91. The van der Waals surface area contributed by atoms with Gasteiger partial charge in [0.1, 0.15) is 29.8 Å². The van der Waals surface area contributed by atoms with Crippen molar-refractivity contribution in [3.8, 4) is 17.1 Å². The molecular weight excluding hydrogens is 371 g/mol. The molecule has 0 aliphatic rings. The number of rotatable bonds is 6. The number of nitrogens with two attached hydrogens (primary N) is 2. The number of nitrogen functional groups attached to an aromatic ring is 2. The number of hydrogen-bond acceptors (Lipinski definition) is 6. The summed E-state index contributed by atoms with van der Waals surface area (Å²) < 4.78 is 24.7. The molecule has 146 valence electrons. The molecule has 0 aliphatic carbocycles. The molecular formula is C22H19FN4O2. The predicted molar refractivity (Wildman–Crippen MR) is 109 cm³/mol. The molecule has 0 atom stereocenters.